The molecule has 0 N–H and O–H groups in total. The van der Waals surface area contributed by atoms with Gasteiger partial charge in [0.15, 0.2) is 0 Å². The molecule has 1 atom stereocenters. The second kappa shape index (κ2) is 9.98. The highest BCUT2D eigenvalue weighted by atomic mass is 32.1. The normalized spacial score (nSPS) is 13.6. The van der Waals surface area contributed by atoms with E-state index < -0.39 is 5.12 Å². The first kappa shape index (κ1) is 17.0. The molecule has 0 aliphatic heterocycles. The van der Waals surface area contributed by atoms with E-state index in [-0.39, 0.29) is 5.92 Å². The topological polar surface area (TPSA) is 18.5 Å². The lowest BCUT2D eigenvalue weighted by molar-refractivity contribution is -0.158. The first-order valence-corrected chi connectivity index (χ1v) is 7.04. The fraction of sp³-hybridized carbons (Fsp3) is 0.857. The molecule has 0 rings (SSSR count). The van der Waals surface area contributed by atoms with E-state index in [1.54, 1.807) is 14.2 Å². The van der Waals surface area contributed by atoms with Gasteiger partial charge in [0, 0.05) is 20.1 Å². The van der Waals surface area contributed by atoms with E-state index in [1.165, 1.54) is 38.5 Å². The Hall–Kier alpha value is 0.01000. The second-order valence-corrected chi connectivity index (χ2v) is 5.06. The molecule has 1 unspecified atom stereocenters. The van der Waals surface area contributed by atoms with Crippen molar-refractivity contribution in [1.29, 1.82) is 0 Å². The molecule has 0 aliphatic carbocycles. The fourth-order valence-electron chi connectivity index (χ4n) is 1.98. The van der Waals surface area contributed by atoms with Crippen LogP contribution in [0.3, 0.4) is 0 Å². The van der Waals surface area contributed by atoms with Gasteiger partial charge in [-0.3, -0.25) is 0 Å². The Bertz CT molecular complexity index is 191. The second-order valence-electron chi connectivity index (χ2n) is 4.44. The maximum atomic E-state index is 5.31. The third-order valence-electron chi connectivity index (χ3n) is 3.21. The minimum Gasteiger partial charge on any atom is -0.344 e. The van der Waals surface area contributed by atoms with Gasteiger partial charge >= 0.3 is 0 Å². The van der Waals surface area contributed by atoms with Crippen molar-refractivity contribution in [1.82, 2.24) is 0 Å². The van der Waals surface area contributed by atoms with Gasteiger partial charge in [-0.15, -0.1) is 19.2 Å². The summed E-state index contributed by atoms with van der Waals surface area (Å²) < 4.78 is 10.6. The van der Waals surface area contributed by atoms with Crippen molar-refractivity contribution in [3.63, 3.8) is 0 Å². The quantitative estimate of drug-likeness (QED) is 0.257. The van der Waals surface area contributed by atoms with Crippen LogP contribution in [-0.4, -0.2) is 19.3 Å². The van der Waals surface area contributed by atoms with Gasteiger partial charge < -0.3 is 9.47 Å². The largest absolute Gasteiger partial charge is 0.344 e. The summed E-state index contributed by atoms with van der Waals surface area (Å²) in [4.78, 5) is 0. The van der Waals surface area contributed by atoms with Gasteiger partial charge in [-0.25, -0.2) is 0 Å². The van der Waals surface area contributed by atoms with Crippen molar-refractivity contribution in [3.8, 4) is 0 Å². The standard InChI is InChI=1S/C14H28O2S/c1-5-7-8-9-10-11-12-13(6-2)14(17,15-3)16-4/h6,13,17H,2,5,7-12H2,1,3-4H3. The number of methoxy groups -OCH3 is 2. The van der Waals surface area contributed by atoms with Crippen LogP contribution in [0.25, 0.3) is 0 Å². The van der Waals surface area contributed by atoms with Crippen LogP contribution >= 0.6 is 12.6 Å². The monoisotopic (exact) mass is 260 g/mol. The third kappa shape index (κ3) is 6.49. The molecule has 2 nitrogen and oxygen atoms in total. The van der Waals surface area contributed by atoms with E-state index in [0.717, 1.165) is 6.42 Å². The van der Waals surface area contributed by atoms with E-state index in [1.807, 2.05) is 6.08 Å². The Morgan fingerprint density at radius 1 is 1.12 bits per heavy atom. The number of hydrogen-bond donors (Lipinski definition) is 1. The molecule has 102 valence electrons. The lowest BCUT2D eigenvalue weighted by Gasteiger charge is -2.32. The molecule has 17 heavy (non-hydrogen) atoms. The van der Waals surface area contributed by atoms with Crippen LogP contribution in [-0.2, 0) is 9.47 Å². The van der Waals surface area contributed by atoms with Crippen molar-refractivity contribution in [2.75, 3.05) is 14.2 Å². The molecule has 0 spiro atoms. The van der Waals surface area contributed by atoms with Crippen molar-refractivity contribution in [2.45, 2.75) is 57.0 Å². The fourth-order valence-corrected chi connectivity index (χ4v) is 2.21. The molecule has 0 heterocycles. The molecule has 0 aliphatic rings. The van der Waals surface area contributed by atoms with E-state index in [2.05, 4.69) is 26.1 Å². The molecule has 0 aromatic rings. The Morgan fingerprint density at radius 3 is 2.12 bits per heavy atom. The summed E-state index contributed by atoms with van der Waals surface area (Å²) in [6.07, 6.45) is 10.6. The molecule has 3 heteroatoms. The summed E-state index contributed by atoms with van der Waals surface area (Å²) in [6, 6.07) is 0. The molecule has 0 amide bonds. The van der Waals surface area contributed by atoms with Gasteiger partial charge in [-0.2, -0.15) is 0 Å². The molecule has 0 aromatic carbocycles. The number of thiol groups is 1. The third-order valence-corrected chi connectivity index (χ3v) is 3.90. The van der Waals surface area contributed by atoms with E-state index in [9.17, 15) is 0 Å². The van der Waals surface area contributed by atoms with Gasteiger partial charge in [0.1, 0.15) is 0 Å². The van der Waals surface area contributed by atoms with Gasteiger partial charge in [0.25, 0.3) is 0 Å². The summed E-state index contributed by atoms with van der Waals surface area (Å²) in [7, 11) is 3.24. The van der Waals surface area contributed by atoms with Gasteiger partial charge in [0.2, 0.25) is 5.12 Å². The summed E-state index contributed by atoms with van der Waals surface area (Å²) in [6.45, 7) is 6.08. The number of ether oxygens (including phenoxy) is 2. The van der Waals surface area contributed by atoms with E-state index in [0.29, 0.717) is 0 Å². The SMILES string of the molecule is C=CC(CCCCCCCC)C(S)(OC)OC. The molecule has 0 saturated carbocycles. The predicted molar refractivity (Wildman–Crippen MR) is 77.4 cm³/mol. The molecule has 0 radical (unpaired) electrons. The zero-order valence-corrected chi connectivity index (χ0v) is 12.5. The van der Waals surface area contributed by atoms with Crippen LogP contribution < -0.4 is 0 Å². The lowest BCUT2D eigenvalue weighted by Crippen LogP contribution is -2.35. The van der Waals surface area contributed by atoms with Crippen molar-refractivity contribution in [3.05, 3.63) is 12.7 Å². The van der Waals surface area contributed by atoms with Crippen LogP contribution in [0.15, 0.2) is 12.7 Å². The minimum absolute atomic E-state index is 0.131. The summed E-state index contributed by atoms with van der Waals surface area (Å²) >= 11 is 4.44. The van der Waals surface area contributed by atoms with Gasteiger partial charge in [-0.05, 0) is 6.42 Å². The van der Waals surface area contributed by atoms with Crippen molar-refractivity contribution in [2.24, 2.45) is 5.92 Å². The number of rotatable bonds is 11. The number of unbranched alkanes of at least 4 members (excludes halogenated alkanes) is 5. The maximum Gasteiger partial charge on any atom is 0.221 e. The Kier molecular flexibility index (Phi) is 9.99. The van der Waals surface area contributed by atoms with Gasteiger partial charge in [0.05, 0.1) is 0 Å². The summed E-state index contributed by atoms with van der Waals surface area (Å²) in [5.74, 6) is 0.131. The predicted octanol–water partition coefficient (Wildman–Crippen LogP) is 4.42. The summed E-state index contributed by atoms with van der Waals surface area (Å²) in [5.41, 5.74) is 0. The highest BCUT2D eigenvalue weighted by Gasteiger charge is 2.32. The molecule has 0 aromatic heterocycles. The molecule has 0 fully saturated rings. The minimum atomic E-state index is -0.828. The highest BCUT2D eigenvalue weighted by molar-refractivity contribution is 7.81. The van der Waals surface area contributed by atoms with Crippen molar-refractivity contribution >= 4 is 12.6 Å². The Labute approximate surface area is 112 Å². The Morgan fingerprint density at radius 2 is 1.65 bits per heavy atom. The van der Waals surface area contributed by atoms with E-state index >= 15 is 0 Å². The average Bonchev–Trinajstić information content (AvgIpc) is 2.37. The smallest absolute Gasteiger partial charge is 0.221 e. The number of hydrogen-bond acceptors (Lipinski definition) is 3. The van der Waals surface area contributed by atoms with Crippen LogP contribution in [0, 0.1) is 5.92 Å². The lowest BCUT2D eigenvalue weighted by atomic mass is 9.99. The van der Waals surface area contributed by atoms with Crippen LogP contribution in [0.4, 0.5) is 0 Å². The zero-order chi connectivity index (χ0) is 13.1. The molecular weight excluding hydrogens is 232 g/mol. The van der Waals surface area contributed by atoms with Crippen LogP contribution in [0.1, 0.15) is 51.9 Å². The van der Waals surface area contributed by atoms with Crippen molar-refractivity contribution < 1.29 is 9.47 Å². The molecule has 0 bridgehead atoms. The van der Waals surface area contributed by atoms with Crippen LogP contribution in [0.5, 0.6) is 0 Å². The molecular formula is C14H28O2S. The average molecular weight is 260 g/mol. The zero-order valence-electron chi connectivity index (χ0n) is 11.6. The van der Waals surface area contributed by atoms with Gasteiger partial charge in [-0.1, -0.05) is 51.5 Å². The first-order valence-electron chi connectivity index (χ1n) is 6.59. The Balaban J connectivity index is 3.86. The first-order chi connectivity index (χ1) is 8.14. The maximum absolute atomic E-state index is 5.31. The van der Waals surface area contributed by atoms with E-state index in [4.69, 9.17) is 9.47 Å². The summed E-state index contributed by atoms with van der Waals surface area (Å²) in [5, 5.41) is -0.828. The molecule has 0 saturated heterocycles. The highest BCUT2D eigenvalue weighted by Crippen LogP contribution is 2.31. The van der Waals surface area contributed by atoms with Crippen LogP contribution in [0.2, 0.25) is 0 Å².